The van der Waals surface area contributed by atoms with Crippen LogP contribution in [0.2, 0.25) is 0 Å². The van der Waals surface area contributed by atoms with Crippen LogP contribution in [0, 0.1) is 0 Å². The molecule has 78 valence electrons. The van der Waals surface area contributed by atoms with Crippen molar-refractivity contribution in [3.8, 4) is 0 Å². The van der Waals surface area contributed by atoms with Gasteiger partial charge in [-0.3, -0.25) is 9.48 Å². The summed E-state index contributed by atoms with van der Waals surface area (Å²) in [6.45, 7) is 0.744. The van der Waals surface area contributed by atoms with Crippen molar-refractivity contribution in [3.05, 3.63) is 36.2 Å². The molecule has 0 saturated carbocycles. The zero-order valence-electron chi connectivity index (χ0n) is 8.50. The molecule has 0 amide bonds. The van der Waals surface area contributed by atoms with Crippen LogP contribution in [-0.4, -0.2) is 25.6 Å². The van der Waals surface area contributed by atoms with Crippen LogP contribution in [0.5, 0.6) is 0 Å². The highest BCUT2D eigenvalue weighted by molar-refractivity contribution is 5.69. The molecular formula is C10H12N4O. The molecule has 0 saturated heterocycles. The molecule has 2 heterocycles. The first-order chi connectivity index (χ1) is 7.31. The van der Waals surface area contributed by atoms with Gasteiger partial charge >= 0.3 is 0 Å². The van der Waals surface area contributed by atoms with Crippen molar-refractivity contribution in [2.45, 2.75) is 13.0 Å². The molecule has 0 spiro atoms. The number of aldehydes is 1. The topological polar surface area (TPSA) is 52.7 Å². The van der Waals surface area contributed by atoms with Gasteiger partial charge in [-0.25, -0.2) is 4.98 Å². The monoisotopic (exact) mass is 204 g/mol. The van der Waals surface area contributed by atoms with E-state index in [1.807, 2.05) is 22.4 Å². The summed E-state index contributed by atoms with van der Waals surface area (Å²) >= 11 is 0. The van der Waals surface area contributed by atoms with Gasteiger partial charge < -0.3 is 4.57 Å². The third kappa shape index (κ3) is 1.96. The molecule has 5 nitrogen and oxygen atoms in total. The van der Waals surface area contributed by atoms with Crippen molar-refractivity contribution in [1.29, 1.82) is 0 Å². The van der Waals surface area contributed by atoms with Crippen LogP contribution in [-0.2, 0) is 20.0 Å². The number of nitrogens with zero attached hydrogens (tertiary/aromatic N) is 4. The van der Waals surface area contributed by atoms with Crippen LogP contribution >= 0.6 is 0 Å². The van der Waals surface area contributed by atoms with Crippen molar-refractivity contribution in [3.63, 3.8) is 0 Å². The Hall–Kier alpha value is -1.91. The largest absolute Gasteiger partial charge is 0.328 e. The Morgan fingerprint density at radius 3 is 3.00 bits per heavy atom. The minimum atomic E-state index is 0.470. The Labute approximate surface area is 87.4 Å². The van der Waals surface area contributed by atoms with Gasteiger partial charge in [0.25, 0.3) is 0 Å². The summed E-state index contributed by atoms with van der Waals surface area (Å²) in [7, 11) is 1.91. The van der Waals surface area contributed by atoms with Gasteiger partial charge in [0, 0.05) is 44.3 Å². The van der Waals surface area contributed by atoms with E-state index in [0.717, 1.165) is 24.9 Å². The molecule has 0 atom stereocenters. The summed E-state index contributed by atoms with van der Waals surface area (Å²) in [4.78, 5) is 14.5. The molecule has 15 heavy (non-hydrogen) atoms. The third-order valence-electron chi connectivity index (χ3n) is 2.38. The smallest absolute Gasteiger partial charge is 0.185 e. The lowest BCUT2D eigenvalue weighted by atomic mass is 10.3. The lowest BCUT2D eigenvalue weighted by Crippen LogP contribution is -2.07. The first-order valence-electron chi connectivity index (χ1n) is 4.74. The molecule has 0 aliphatic carbocycles. The Kier molecular flexibility index (Phi) is 2.62. The quantitative estimate of drug-likeness (QED) is 0.688. The van der Waals surface area contributed by atoms with Crippen LogP contribution in [0.3, 0.4) is 0 Å². The van der Waals surface area contributed by atoms with Crippen LogP contribution in [0.15, 0.2) is 24.7 Å². The predicted molar refractivity (Wildman–Crippen MR) is 54.5 cm³/mol. The third-order valence-corrected chi connectivity index (χ3v) is 2.38. The molecule has 0 N–H and O–H groups in total. The minimum Gasteiger partial charge on any atom is -0.328 e. The summed E-state index contributed by atoms with van der Waals surface area (Å²) in [6.07, 6.45) is 6.81. The van der Waals surface area contributed by atoms with Gasteiger partial charge in [0.05, 0.1) is 0 Å². The second-order valence-electron chi connectivity index (χ2n) is 3.29. The number of carbonyl (C=O) groups is 1. The zero-order chi connectivity index (χ0) is 10.7. The van der Waals surface area contributed by atoms with Gasteiger partial charge in [0.15, 0.2) is 12.1 Å². The van der Waals surface area contributed by atoms with Crippen molar-refractivity contribution in [2.24, 2.45) is 7.05 Å². The van der Waals surface area contributed by atoms with E-state index in [-0.39, 0.29) is 0 Å². The first kappa shape index (κ1) is 9.64. The molecule has 0 unspecified atom stereocenters. The second kappa shape index (κ2) is 4.08. The van der Waals surface area contributed by atoms with E-state index >= 15 is 0 Å². The number of rotatable bonds is 4. The highest BCUT2D eigenvalue weighted by Crippen LogP contribution is 2.02. The van der Waals surface area contributed by atoms with Gasteiger partial charge in [-0.15, -0.1) is 0 Å². The van der Waals surface area contributed by atoms with E-state index in [1.54, 1.807) is 18.6 Å². The fourth-order valence-corrected chi connectivity index (χ4v) is 1.51. The molecule has 0 aliphatic heterocycles. The molecule has 5 heteroatoms. The maximum absolute atomic E-state index is 10.6. The van der Waals surface area contributed by atoms with Crippen molar-refractivity contribution in [2.75, 3.05) is 0 Å². The van der Waals surface area contributed by atoms with E-state index < -0.39 is 0 Å². The Morgan fingerprint density at radius 1 is 1.47 bits per heavy atom. The Bertz CT molecular complexity index is 457. The average molecular weight is 204 g/mol. The highest BCUT2D eigenvalue weighted by atomic mass is 16.1. The van der Waals surface area contributed by atoms with Crippen molar-refractivity contribution < 1.29 is 4.79 Å². The number of hydrogen-bond acceptors (Lipinski definition) is 3. The second-order valence-corrected chi connectivity index (χ2v) is 3.29. The lowest BCUT2D eigenvalue weighted by molar-refractivity contribution is 0.111. The summed E-state index contributed by atoms with van der Waals surface area (Å²) in [6, 6.07) is 1.97. The fourth-order valence-electron chi connectivity index (χ4n) is 1.51. The standard InChI is InChI=1S/C10H12N4O/c1-13-9(2-4-12-13)3-6-14-7-5-11-10(14)8-15/h2,4-5,7-8H,3,6H2,1H3. The normalized spacial score (nSPS) is 10.5. The molecule has 0 fully saturated rings. The average Bonchev–Trinajstić information content (AvgIpc) is 2.83. The van der Waals surface area contributed by atoms with E-state index in [4.69, 9.17) is 0 Å². The predicted octanol–water partition coefficient (Wildman–Crippen LogP) is 0.672. The lowest BCUT2D eigenvalue weighted by Gasteiger charge is -2.04. The maximum atomic E-state index is 10.6. The zero-order valence-corrected chi connectivity index (χ0v) is 8.50. The summed E-state index contributed by atoms with van der Waals surface area (Å²) < 4.78 is 3.66. The number of imidazole rings is 1. The Balaban J connectivity index is 2.05. The molecule has 0 bridgehead atoms. The molecule has 2 aromatic rings. The van der Waals surface area contributed by atoms with Gasteiger partial charge in [0.1, 0.15) is 0 Å². The van der Waals surface area contributed by atoms with Crippen LogP contribution in [0.1, 0.15) is 16.3 Å². The van der Waals surface area contributed by atoms with E-state index in [2.05, 4.69) is 10.1 Å². The molecule has 0 radical (unpaired) electrons. The maximum Gasteiger partial charge on any atom is 0.185 e. The van der Waals surface area contributed by atoms with Crippen molar-refractivity contribution in [1.82, 2.24) is 19.3 Å². The van der Waals surface area contributed by atoms with Gasteiger partial charge in [0.2, 0.25) is 0 Å². The number of aryl methyl sites for hydroxylation is 3. The van der Waals surface area contributed by atoms with Crippen LogP contribution in [0.25, 0.3) is 0 Å². The summed E-state index contributed by atoms with van der Waals surface area (Å²) in [5.41, 5.74) is 1.14. The molecular weight excluding hydrogens is 192 g/mol. The van der Waals surface area contributed by atoms with Gasteiger partial charge in [-0.2, -0.15) is 5.10 Å². The Morgan fingerprint density at radius 2 is 2.33 bits per heavy atom. The van der Waals surface area contributed by atoms with E-state index in [0.29, 0.717) is 5.82 Å². The van der Waals surface area contributed by atoms with E-state index in [1.165, 1.54) is 0 Å². The first-order valence-corrected chi connectivity index (χ1v) is 4.74. The van der Waals surface area contributed by atoms with Crippen LogP contribution in [0.4, 0.5) is 0 Å². The summed E-state index contributed by atoms with van der Waals surface area (Å²) in [5.74, 6) is 0.470. The van der Waals surface area contributed by atoms with E-state index in [9.17, 15) is 4.79 Å². The summed E-state index contributed by atoms with van der Waals surface area (Å²) in [5, 5.41) is 4.08. The molecule has 0 aliphatic rings. The number of carbonyl (C=O) groups excluding carboxylic acids is 1. The number of hydrogen-bond donors (Lipinski definition) is 0. The number of aromatic nitrogens is 4. The fraction of sp³-hybridized carbons (Fsp3) is 0.300. The minimum absolute atomic E-state index is 0.470. The van der Waals surface area contributed by atoms with Gasteiger partial charge in [-0.1, -0.05) is 0 Å². The van der Waals surface area contributed by atoms with Crippen molar-refractivity contribution >= 4 is 6.29 Å². The molecule has 2 rings (SSSR count). The molecule has 2 aromatic heterocycles. The SMILES string of the molecule is Cn1nccc1CCn1ccnc1C=O. The van der Waals surface area contributed by atoms with Crippen LogP contribution < -0.4 is 0 Å². The highest BCUT2D eigenvalue weighted by Gasteiger charge is 2.02. The molecule has 0 aromatic carbocycles. The van der Waals surface area contributed by atoms with Gasteiger partial charge in [-0.05, 0) is 6.07 Å².